The number of anilines is 1. The molecule has 0 saturated carbocycles. The maximum Gasteiger partial charge on any atom is 0.351 e. The molecule has 0 bridgehead atoms. The molecule has 2 aliphatic rings. The van der Waals surface area contributed by atoms with Crippen LogP contribution in [-0.4, -0.2) is 67.7 Å². The monoisotopic (exact) mass is 555 g/mol. The lowest BCUT2D eigenvalue weighted by Crippen LogP contribution is -2.33. The Morgan fingerprint density at radius 3 is 2.58 bits per heavy atom. The fraction of sp³-hybridized carbons (Fsp3) is 0.545. The minimum absolute atomic E-state index is 0.0867. The summed E-state index contributed by atoms with van der Waals surface area (Å²) < 4.78 is 38.2. The van der Waals surface area contributed by atoms with E-state index in [1.807, 2.05) is 0 Å². The fourth-order valence-corrected chi connectivity index (χ4v) is 4.81. The van der Waals surface area contributed by atoms with Crippen molar-refractivity contribution in [3.05, 3.63) is 55.3 Å². The van der Waals surface area contributed by atoms with Crippen LogP contribution in [0.2, 0.25) is 0 Å². The number of aromatic nitrogens is 4. The highest BCUT2D eigenvalue weighted by Gasteiger charge is 2.38. The summed E-state index contributed by atoms with van der Waals surface area (Å²) in [6.07, 6.45) is -2.12. The van der Waals surface area contributed by atoms with Crippen molar-refractivity contribution in [2.24, 2.45) is 0 Å². The van der Waals surface area contributed by atoms with E-state index in [9.17, 15) is 28.4 Å². The molecule has 2 saturated heterocycles. The molecule has 0 radical (unpaired) electrons. The van der Waals surface area contributed by atoms with E-state index < -0.39 is 65.7 Å². The molecule has 0 spiro atoms. The molecule has 4 rings (SSSR count). The van der Waals surface area contributed by atoms with Gasteiger partial charge in [-0.25, -0.2) is 14.0 Å². The summed E-state index contributed by atoms with van der Waals surface area (Å²) in [6, 6.07) is 1.47. The van der Waals surface area contributed by atoms with E-state index in [0.29, 0.717) is 5.75 Å². The van der Waals surface area contributed by atoms with Gasteiger partial charge in [0.2, 0.25) is 0 Å². The Morgan fingerprint density at radius 2 is 1.87 bits per heavy atom. The number of rotatable bonds is 9. The maximum absolute atomic E-state index is 14.4. The quantitative estimate of drug-likeness (QED) is 0.387. The van der Waals surface area contributed by atoms with E-state index in [1.165, 1.54) is 41.7 Å². The van der Waals surface area contributed by atoms with E-state index in [4.69, 9.17) is 24.7 Å². The van der Waals surface area contributed by atoms with Crippen LogP contribution in [0.4, 0.5) is 10.2 Å². The Kier molecular flexibility index (Phi) is 8.63. The molecular weight excluding hydrogens is 529 g/mol. The normalized spacial score (nSPS) is 24.8. The molecule has 0 amide bonds. The predicted octanol–water partition coefficient (Wildman–Crippen LogP) is -0.236. The molecule has 2 fully saturated rings. The van der Waals surface area contributed by atoms with Gasteiger partial charge in [-0.3, -0.25) is 28.5 Å². The molecule has 3 N–H and O–H groups in total. The third-order valence-electron chi connectivity index (χ3n) is 5.84. The molecule has 2 aliphatic heterocycles. The molecule has 206 valence electrons. The molecule has 0 unspecified atom stereocenters. The SMILES string of the molecule is Cc1cn([C@H]2C[C@H](F)[C@@H](COC(=O)CCC(=O)OC[C@@H]3O[C@H](n4ccc(N)nc4=O)CS3)O2)c(=O)[nH]c1=O. The van der Waals surface area contributed by atoms with Crippen LogP contribution in [0.1, 0.15) is 37.3 Å². The number of halogens is 1. The number of nitrogen functional groups attached to an aromatic ring is 1. The van der Waals surface area contributed by atoms with Crippen LogP contribution in [0, 0.1) is 6.92 Å². The van der Waals surface area contributed by atoms with Crippen molar-refractivity contribution in [1.29, 1.82) is 0 Å². The summed E-state index contributed by atoms with van der Waals surface area (Å²) in [5, 5.41) is 0. The maximum atomic E-state index is 14.4. The molecule has 0 aromatic carbocycles. The summed E-state index contributed by atoms with van der Waals surface area (Å²) in [6.45, 7) is 1.01. The molecule has 38 heavy (non-hydrogen) atoms. The predicted molar refractivity (Wildman–Crippen MR) is 130 cm³/mol. The van der Waals surface area contributed by atoms with E-state index in [2.05, 4.69) is 9.97 Å². The molecule has 2 aromatic rings. The average molecular weight is 556 g/mol. The van der Waals surface area contributed by atoms with Crippen LogP contribution in [0.5, 0.6) is 0 Å². The van der Waals surface area contributed by atoms with Crippen molar-refractivity contribution in [3.8, 4) is 0 Å². The van der Waals surface area contributed by atoms with E-state index in [1.54, 1.807) is 0 Å². The average Bonchev–Trinajstić information content (AvgIpc) is 3.48. The van der Waals surface area contributed by atoms with Crippen molar-refractivity contribution in [3.63, 3.8) is 0 Å². The second-order valence-electron chi connectivity index (χ2n) is 8.62. The Labute approximate surface area is 218 Å². The highest BCUT2D eigenvalue weighted by Crippen LogP contribution is 2.31. The van der Waals surface area contributed by atoms with E-state index in [0.717, 1.165) is 4.57 Å². The standard InChI is InChI=1S/C22H26FN5O9S/c1-11-7-28(22(33)26-20(11)31)15-6-12(23)13(36-15)8-34-17(29)2-3-18(30)35-9-19-37-16(10-38-19)27-5-4-14(24)25-21(27)32/h4-5,7,12-13,15-16,19H,2-3,6,8-10H2,1H3,(H2,24,25,32)(H,26,31,33)/t12-,13+,15+,16-,19+/m0/s1. The van der Waals surface area contributed by atoms with Crippen molar-refractivity contribution in [2.75, 3.05) is 24.7 Å². The van der Waals surface area contributed by atoms with Gasteiger partial charge in [-0.05, 0) is 13.0 Å². The Bertz CT molecular complexity index is 1360. The molecule has 2 aromatic heterocycles. The third-order valence-corrected chi connectivity index (χ3v) is 6.93. The smallest absolute Gasteiger partial charge is 0.351 e. The number of H-pyrrole nitrogens is 1. The van der Waals surface area contributed by atoms with Gasteiger partial charge in [0.15, 0.2) is 0 Å². The number of nitrogens with one attached hydrogen (secondary N) is 1. The third kappa shape index (κ3) is 6.68. The van der Waals surface area contributed by atoms with Gasteiger partial charge in [-0.1, -0.05) is 0 Å². The fourth-order valence-electron chi connectivity index (χ4n) is 3.82. The van der Waals surface area contributed by atoms with Crippen molar-refractivity contribution in [2.45, 2.75) is 56.4 Å². The molecule has 5 atom stereocenters. The van der Waals surface area contributed by atoms with Crippen LogP contribution in [0.15, 0.2) is 32.8 Å². The van der Waals surface area contributed by atoms with Crippen molar-refractivity contribution in [1.82, 2.24) is 19.1 Å². The minimum Gasteiger partial charge on any atom is -0.463 e. The second-order valence-corrected chi connectivity index (χ2v) is 9.81. The highest BCUT2D eigenvalue weighted by atomic mass is 32.2. The zero-order valence-electron chi connectivity index (χ0n) is 20.2. The summed E-state index contributed by atoms with van der Waals surface area (Å²) in [7, 11) is 0. The lowest BCUT2D eigenvalue weighted by atomic mass is 10.2. The number of aryl methyl sites for hydroxylation is 1. The van der Waals surface area contributed by atoms with Crippen LogP contribution < -0.4 is 22.7 Å². The number of hydrogen-bond donors (Lipinski definition) is 2. The largest absolute Gasteiger partial charge is 0.463 e. The molecule has 4 heterocycles. The van der Waals surface area contributed by atoms with Gasteiger partial charge in [0.1, 0.15) is 49.2 Å². The van der Waals surface area contributed by atoms with Gasteiger partial charge in [0.25, 0.3) is 5.56 Å². The topological polar surface area (TPSA) is 187 Å². The lowest BCUT2D eigenvalue weighted by molar-refractivity contribution is -0.154. The van der Waals surface area contributed by atoms with Gasteiger partial charge in [-0.15, -0.1) is 11.8 Å². The van der Waals surface area contributed by atoms with Gasteiger partial charge < -0.3 is 24.7 Å². The highest BCUT2D eigenvalue weighted by molar-refractivity contribution is 8.00. The molecule has 0 aliphatic carbocycles. The molecule has 14 nitrogen and oxygen atoms in total. The number of alkyl halides is 1. The molecular formula is C22H26FN5O9S. The number of ether oxygens (including phenoxy) is 4. The summed E-state index contributed by atoms with van der Waals surface area (Å²) in [4.78, 5) is 65.3. The Hall–Kier alpha value is -3.50. The van der Waals surface area contributed by atoms with E-state index >= 15 is 0 Å². The Balaban J connectivity index is 1.15. The number of aromatic amines is 1. The van der Waals surface area contributed by atoms with Crippen LogP contribution in [-0.2, 0) is 28.5 Å². The summed E-state index contributed by atoms with van der Waals surface area (Å²) >= 11 is 1.35. The first-order valence-corrected chi connectivity index (χ1v) is 12.7. The first-order valence-electron chi connectivity index (χ1n) is 11.6. The van der Waals surface area contributed by atoms with Crippen LogP contribution >= 0.6 is 11.8 Å². The zero-order valence-corrected chi connectivity index (χ0v) is 21.1. The van der Waals surface area contributed by atoms with E-state index in [-0.39, 0.29) is 37.3 Å². The number of nitrogens with two attached hydrogens (primary N) is 1. The number of esters is 2. The van der Waals surface area contributed by atoms with Crippen LogP contribution in [0.25, 0.3) is 0 Å². The number of carbonyl (C=O) groups excluding carboxylic acids is 2. The first-order chi connectivity index (χ1) is 18.1. The van der Waals surface area contributed by atoms with Gasteiger partial charge in [-0.2, -0.15) is 4.98 Å². The summed E-state index contributed by atoms with van der Waals surface area (Å²) in [5.74, 6) is -0.867. The van der Waals surface area contributed by atoms with Gasteiger partial charge in [0.05, 0.1) is 12.8 Å². The number of thioether (sulfide) groups is 1. The molecule has 16 heteroatoms. The van der Waals surface area contributed by atoms with Gasteiger partial charge in [0, 0.05) is 30.1 Å². The van der Waals surface area contributed by atoms with Gasteiger partial charge >= 0.3 is 23.3 Å². The van der Waals surface area contributed by atoms with Crippen molar-refractivity contribution < 1.29 is 32.9 Å². The first kappa shape index (κ1) is 27.5. The Morgan fingerprint density at radius 1 is 1.16 bits per heavy atom. The van der Waals surface area contributed by atoms with Crippen LogP contribution in [0.3, 0.4) is 0 Å². The summed E-state index contributed by atoms with van der Waals surface area (Å²) in [5.41, 5.74) is 3.40. The second kappa shape index (κ2) is 11.9. The number of carbonyl (C=O) groups is 2. The zero-order chi connectivity index (χ0) is 27.4. The van der Waals surface area contributed by atoms with Crippen molar-refractivity contribution >= 4 is 29.5 Å². The number of hydrogen-bond acceptors (Lipinski definition) is 12. The lowest BCUT2D eigenvalue weighted by Gasteiger charge is -2.16. The number of nitrogens with zero attached hydrogens (tertiary/aromatic N) is 3. The minimum atomic E-state index is -1.51.